The van der Waals surface area contributed by atoms with E-state index in [1.54, 1.807) is 7.05 Å². The van der Waals surface area contributed by atoms with Gasteiger partial charge in [-0.3, -0.25) is 5.43 Å². The summed E-state index contributed by atoms with van der Waals surface area (Å²) < 4.78 is 4.37. The van der Waals surface area contributed by atoms with Crippen molar-refractivity contribution >= 4 is 0 Å². The molecular formula is C3H10N2O2. The predicted octanol–water partition coefficient (Wildman–Crippen LogP) is -1.37. The molecule has 0 saturated heterocycles. The topological polar surface area (TPSA) is 53.5 Å². The molecule has 0 fully saturated rings. The first-order valence-electron chi connectivity index (χ1n) is 1.94. The number of hydrogen-bond donors (Lipinski definition) is 3. The average molecular weight is 106 g/mol. The van der Waals surface area contributed by atoms with Gasteiger partial charge < -0.3 is 9.84 Å². The van der Waals surface area contributed by atoms with Gasteiger partial charge in [0.25, 0.3) is 0 Å². The second-order valence-electron chi connectivity index (χ2n) is 0.982. The van der Waals surface area contributed by atoms with E-state index in [2.05, 4.69) is 15.6 Å². The molecule has 0 aliphatic heterocycles. The van der Waals surface area contributed by atoms with E-state index in [1.807, 2.05) is 0 Å². The summed E-state index contributed by atoms with van der Waals surface area (Å²) in [6.07, 6.45) is -0.912. The van der Waals surface area contributed by atoms with Gasteiger partial charge in [0.1, 0.15) is 0 Å². The Morgan fingerprint density at radius 3 is 2.43 bits per heavy atom. The Hall–Kier alpha value is -0.160. The van der Waals surface area contributed by atoms with Crippen molar-refractivity contribution in [1.29, 1.82) is 0 Å². The summed E-state index contributed by atoms with van der Waals surface area (Å²) in [6.45, 7) is 0. The van der Waals surface area contributed by atoms with Crippen LogP contribution in [0.25, 0.3) is 0 Å². The third kappa shape index (κ3) is 3.68. The maximum absolute atomic E-state index is 8.46. The molecule has 4 heteroatoms. The number of rotatable bonds is 3. The quantitative estimate of drug-likeness (QED) is 0.307. The summed E-state index contributed by atoms with van der Waals surface area (Å²) in [5.41, 5.74) is 4.87. The Bertz CT molecular complexity index is 41.9. The fourth-order valence-electron chi connectivity index (χ4n) is 0.182. The zero-order valence-corrected chi connectivity index (χ0v) is 4.43. The molecule has 1 unspecified atom stereocenters. The van der Waals surface area contributed by atoms with Crippen LogP contribution in [0.4, 0.5) is 0 Å². The first-order chi connectivity index (χ1) is 3.31. The molecule has 0 aromatic rings. The van der Waals surface area contributed by atoms with E-state index in [0.717, 1.165) is 0 Å². The molecule has 0 bridgehead atoms. The van der Waals surface area contributed by atoms with Crippen molar-refractivity contribution in [3.05, 3.63) is 0 Å². The van der Waals surface area contributed by atoms with E-state index in [4.69, 9.17) is 5.11 Å². The first-order valence-corrected chi connectivity index (χ1v) is 1.94. The van der Waals surface area contributed by atoms with Crippen LogP contribution in [-0.2, 0) is 4.74 Å². The maximum atomic E-state index is 8.46. The fraction of sp³-hybridized carbons (Fsp3) is 1.00. The van der Waals surface area contributed by atoms with Crippen molar-refractivity contribution in [3.63, 3.8) is 0 Å². The van der Waals surface area contributed by atoms with Crippen LogP contribution >= 0.6 is 0 Å². The van der Waals surface area contributed by atoms with Crippen molar-refractivity contribution in [2.45, 2.75) is 6.41 Å². The molecule has 1 atom stereocenters. The number of hydrazine groups is 1. The summed E-state index contributed by atoms with van der Waals surface area (Å²) in [7, 11) is 3.04. The van der Waals surface area contributed by atoms with Crippen LogP contribution in [0.1, 0.15) is 0 Å². The highest BCUT2D eigenvalue weighted by Crippen LogP contribution is 1.68. The average Bonchev–Trinajstić information content (AvgIpc) is 1.68. The van der Waals surface area contributed by atoms with E-state index in [1.165, 1.54) is 7.11 Å². The SMILES string of the molecule is CNNC(O)OC. The van der Waals surface area contributed by atoms with Gasteiger partial charge in [0, 0.05) is 7.11 Å². The molecule has 0 aromatic carbocycles. The van der Waals surface area contributed by atoms with Gasteiger partial charge in [0.05, 0.1) is 0 Å². The fourth-order valence-corrected chi connectivity index (χ4v) is 0.182. The zero-order chi connectivity index (χ0) is 5.70. The lowest BCUT2D eigenvalue weighted by molar-refractivity contribution is -0.104. The van der Waals surface area contributed by atoms with Crippen molar-refractivity contribution in [2.24, 2.45) is 0 Å². The molecule has 4 nitrogen and oxygen atoms in total. The minimum Gasteiger partial charge on any atom is -0.355 e. The molecule has 0 aliphatic carbocycles. The molecule has 0 amide bonds. The lowest BCUT2D eigenvalue weighted by atomic mass is 11.1. The number of hydrogen-bond acceptors (Lipinski definition) is 4. The summed E-state index contributed by atoms with van der Waals surface area (Å²) >= 11 is 0. The van der Waals surface area contributed by atoms with Crippen LogP contribution in [0, 0.1) is 0 Å². The maximum Gasteiger partial charge on any atom is 0.226 e. The lowest BCUT2D eigenvalue weighted by Gasteiger charge is -2.06. The molecule has 3 N–H and O–H groups in total. The van der Waals surface area contributed by atoms with Crippen molar-refractivity contribution in [2.75, 3.05) is 14.2 Å². The molecule has 44 valence electrons. The molecule has 0 radical (unpaired) electrons. The van der Waals surface area contributed by atoms with Crippen LogP contribution in [0.5, 0.6) is 0 Å². The third-order valence-corrected chi connectivity index (χ3v) is 0.491. The van der Waals surface area contributed by atoms with Gasteiger partial charge in [0.2, 0.25) is 6.41 Å². The molecule has 0 aromatic heterocycles. The number of aliphatic hydroxyl groups excluding tert-OH is 1. The smallest absolute Gasteiger partial charge is 0.226 e. The van der Waals surface area contributed by atoms with Crippen LogP contribution in [-0.4, -0.2) is 25.7 Å². The van der Waals surface area contributed by atoms with Gasteiger partial charge in [0.15, 0.2) is 0 Å². The standard InChI is InChI=1S/C3H10N2O2/c1-4-5-3(6)7-2/h3-6H,1-2H3. The minimum atomic E-state index is -0.912. The molecule has 0 rings (SSSR count). The Morgan fingerprint density at radius 1 is 1.71 bits per heavy atom. The Labute approximate surface area is 42.4 Å². The molecule has 7 heavy (non-hydrogen) atoms. The predicted molar refractivity (Wildman–Crippen MR) is 25.2 cm³/mol. The monoisotopic (exact) mass is 106 g/mol. The van der Waals surface area contributed by atoms with Crippen LogP contribution in [0.3, 0.4) is 0 Å². The van der Waals surface area contributed by atoms with Crippen molar-refractivity contribution in [1.82, 2.24) is 10.9 Å². The van der Waals surface area contributed by atoms with Gasteiger partial charge in [-0.05, 0) is 7.05 Å². The van der Waals surface area contributed by atoms with Gasteiger partial charge in [-0.15, -0.1) is 0 Å². The minimum absolute atomic E-state index is 0.912. The first kappa shape index (κ1) is 6.84. The van der Waals surface area contributed by atoms with Gasteiger partial charge >= 0.3 is 0 Å². The number of ether oxygens (including phenoxy) is 1. The van der Waals surface area contributed by atoms with E-state index >= 15 is 0 Å². The van der Waals surface area contributed by atoms with Gasteiger partial charge in [-0.25, -0.2) is 5.43 Å². The van der Waals surface area contributed by atoms with E-state index < -0.39 is 6.41 Å². The Morgan fingerprint density at radius 2 is 2.29 bits per heavy atom. The number of nitrogens with one attached hydrogen (secondary N) is 2. The molecule has 0 saturated carbocycles. The van der Waals surface area contributed by atoms with E-state index in [9.17, 15) is 0 Å². The highest BCUT2D eigenvalue weighted by atomic mass is 16.6. The number of aliphatic hydroxyl groups is 1. The van der Waals surface area contributed by atoms with Gasteiger partial charge in [-0.2, -0.15) is 0 Å². The molecule has 0 heterocycles. The normalized spacial score (nSPS) is 14.1. The second-order valence-corrected chi connectivity index (χ2v) is 0.982. The van der Waals surface area contributed by atoms with Crippen molar-refractivity contribution in [3.8, 4) is 0 Å². The van der Waals surface area contributed by atoms with Crippen molar-refractivity contribution < 1.29 is 9.84 Å². The second kappa shape index (κ2) is 4.01. The summed E-state index contributed by atoms with van der Waals surface area (Å²) in [5, 5.41) is 8.46. The van der Waals surface area contributed by atoms with Crippen LogP contribution in [0.2, 0.25) is 0 Å². The summed E-state index contributed by atoms with van der Waals surface area (Å²) in [4.78, 5) is 0. The largest absolute Gasteiger partial charge is 0.355 e. The number of methoxy groups -OCH3 is 1. The third-order valence-electron chi connectivity index (χ3n) is 0.491. The zero-order valence-electron chi connectivity index (χ0n) is 4.43. The lowest BCUT2D eigenvalue weighted by Crippen LogP contribution is -2.39. The molecule has 0 aliphatic rings. The van der Waals surface area contributed by atoms with E-state index in [0.29, 0.717) is 0 Å². The van der Waals surface area contributed by atoms with E-state index in [-0.39, 0.29) is 0 Å². The highest BCUT2D eigenvalue weighted by molar-refractivity contribution is 4.21. The summed E-state index contributed by atoms with van der Waals surface area (Å²) in [6, 6.07) is 0. The highest BCUT2D eigenvalue weighted by Gasteiger charge is 1.91. The molecule has 0 spiro atoms. The van der Waals surface area contributed by atoms with Gasteiger partial charge in [-0.1, -0.05) is 0 Å². The summed E-state index contributed by atoms with van der Waals surface area (Å²) in [5.74, 6) is 0. The Kier molecular flexibility index (Phi) is 3.92. The molecular weight excluding hydrogens is 96.0 g/mol. The Balaban J connectivity index is 2.83. The van der Waals surface area contributed by atoms with Crippen LogP contribution < -0.4 is 10.9 Å². The van der Waals surface area contributed by atoms with Crippen LogP contribution in [0.15, 0.2) is 0 Å².